The lowest BCUT2D eigenvalue weighted by Gasteiger charge is -2.17. The molecule has 0 saturated carbocycles. The van der Waals surface area contributed by atoms with Crippen LogP contribution < -0.4 is 16.2 Å². The number of rotatable bonds is 5. The molecule has 3 nitrogen and oxygen atoms in total. The summed E-state index contributed by atoms with van der Waals surface area (Å²) in [5.74, 6) is 0. The molecule has 1 N–H and O–H groups in total. The van der Waals surface area contributed by atoms with Gasteiger partial charge in [0.1, 0.15) is 0 Å². The summed E-state index contributed by atoms with van der Waals surface area (Å²) >= 11 is 0. The topological polar surface area (TPSA) is 46.2 Å². The summed E-state index contributed by atoms with van der Waals surface area (Å²) in [6, 6.07) is 0. The molecule has 0 aliphatic carbocycles. The molecule has 0 atom stereocenters. The molecule has 0 heterocycles. The van der Waals surface area contributed by atoms with Crippen LogP contribution >= 0.6 is 0 Å². The van der Waals surface area contributed by atoms with Crippen LogP contribution in [0.1, 0.15) is 45.6 Å². The number of unbranched alkanes of at least 4 members (excludes halogenated alkanes) is 1. The Kier molecular flexibility index (Phi) is 3.89. The molecule has 0 amide bonds. The van der Waals surface area contributed by atoms with Crippen molar-refractivity contribution in [3.05, 3.63) is 26.0 Å². The van der Waals surface area contributed by atoms with Crippen LogP contribution in [-0.2, 0) is 6.42 Å². The van der Waals surface area contributed by atoms with Gasteiger partial charge in [0.2, 0.25) is 10.9 Å². The van der Waals surface area contributed by atoms with E-state index in [1.54, 1.807) is 7.05 Å². The SMILES string of the molecule is CNc1c(CCCCC(C)(C)C)c(=O)c1=O. The molecule has 0 unspecified atom stereocenters. The average Bonchev–Trinajstić information content (AvgIpc) is 2.20. The van der Waals surface area contributed by atoms with Crippen molar-refractivity contribution in [3.8, 4) is 0 Å². The Balaban J connectivity index is 2.42. The Bertz CT molecular complexity index is 420. The van der Waals surface area contributed by atoms with Gasteiger partial charge in [0, 0.05) is 12.6 Å². The third-order valence-corrected chi connectivity index (χ3v) is 2.86. The fourth-order valence-corrected chi connectivity index (χ4v) is 1.90. The minimum atomic E-state index is -0.353. The van der Waals surface area contributed by atoms with Crippen molar-refractivity contribution in [2.75, 3.05) is 12.4 Å². The second-order valence-corrected chi connectivity index (χ2v) is 5.53. The fraction of sp³-hybridized carbons (Fsp3) is 0.692. The van der Waals surface area contributed by atoms with Gasteiger partial charge < -0.3 is 5.32 Å². The van der Waals surface area contributed by atoms with Crippen LogP contribution in [0.15, 0.2) is 9.59 Å². The van der Waals surface area contributed by atoms with Gasteiger partial charge in [-0.15, -0.1) is 0 Å². The van der Waals surface area contributed by atoms with E-state index in [2.05, 4.69) is 26.1 Å². The van der Waals surface area contributed by atoms with Crippen molar-refractivity contribution in [1.82, 2.24) is 0 Å². The first-order valence-corrected chi connectivity index (χ1v) is 5.87. The second-order valence-electron chi connectivity index (χ2n) is 5.53. The van der Waals surface area contributed by atoms with Gasteiger partial charge in [0.05, 0.1) is 5.69 Å². The molecule has 0 spiro atoms. The van der Waals surface area contributed by atoms with Crippen LogP contribution in [-0.4, -0.2) is 7.05 Å². The number of hydrogen-bond acceptors (Lipinski definition) is 3. The fourth-order valence-electron chi connectivity index (χ4n) is 1.90. The van der Waals surface area contributed by atoms with Gasteiger partial charge in [-0.25, -0.2) is 0 Å². The molecular formula is C13H21NO2. The van der Waals surface area contributed by atoms with Crippen LogP contribution in [0.5, 0.6) is 0 Å². The Morgan fingerprint density at radius 2 is 1.69 bits per heavy atom. The van der Waals surface area contributed by atoms with E-state index in [0.717, 1.165) is 25.7 Å². The molecule has 0 saturated heterocycles. The summed E-state index contributed by atoms with van der Waals surface area (Å²) in [6.07, 6.45) is 3.97. The molecular weight excluding hydrogens is 202 g/mol. The van der Waals surface area contributed by atoms with Crippen molar-refractivity contribution in [2.45, 2.75) is 46.5 Å². The summed E-state index contributed by atoms with van der Waals surface area (Å²) in [4.78, 5) is 22.4. The van der Waals surface area contributed by atoms with E-state index in [0.29, 0.717) is 16.7 Å². The Morgan fingerprint density at radius 1 is 1.06 bits per heavy atom. The lowest BCUT2D eigenvalue weighted by Crippen LogP contribution is -2.37. The summed E-state index contributed by atoms with van der Waals surface area (Å²) in [7, 11) is 1.69. The van der Waals surface area contributed by atoms with Crippen molar-refractivity contribution < 1.29 is 0 Å². The minimum absolute atomic E-state index is 0.292. The normalized spacial score (nSPS) is 12.0. The molecule has 0 aliphatic heterocycles. The van der Waals surface area contributed by atoms with Gasteiger partial charge in [0.25, 0.3) is 0 Å². The van der Waals surface area contributed by atoms with E-state index in [1.165, 1.54) is 0 Å². The highest BCUT2D eigenvalue weighted by Crippen LogP contribution is 2.22. The van der Waals surface area contributed by atoms with Crippen LogP contribution in [0.3, 0.4) is 0 Å². The van der Waals surface area contributed by atoms with E-state index in [-0.39, 0.29) is 10.9 Å². The standard InChI is InChI=1S/C13H21NO2/c1-13(2,3)8-6-5-7-9-10(14-4)12(16)11(9)15/h14H,5-8H2,1-4H3. The van der Waals surface area contributed by atoms with Gasteiger partial charge in [0.15, 0.2) is 0 Å². The minimum Gasteiger partial charge on any atom is -0.385 e. The summed E-state index contributed by atoms with van der Waals surface area (Å²) < 4.78 is 0. The molecule has 0 radical (unpaired) electrons. The van der Waals surface area contributed by atoms with Crippen LogP contribution in [0.25, 0.3) is 0 Å². The predicted octanol–water partition coefficient (Wildman–Crippen LogP) is 2.08. The maximum absolute atomic E-state index is 11.3. The Hall–Kier alpha value is -1.12. The summed E-state index contributed by atoms with van der Waals surface area (Å²) in [6.45, 7) is 6.63. The lowest BCUT2D eigenvalue weighted by atomic mass is 9.88. The predicted molar refractivity (Wildman–Crippen MR) is 67.9 cm³/mol. The van der Waals surface area contributed by atoms with Crippen molar-refractivity contribution in [1.29, 1.82) is 0 Å². The van der Waals surface area contributed by atoms with E-state index >= 15 is 0 Å². The van der Waals surface area contributed by atoms with E-state index < -0.39 is 0 Å². The zero-order valence-electron chi connectivity index (χ0n) is 10.6. The third kappa shape index (κ3) is 2.94. The quantitative estimate of drug-likeness (QED) is 0.614. The number of anilines is 1. The molecule has 16 heavy (non-hydrogen) atoms. The summed E-state index contributed by atoms with van der Waals surface area (Å²) in [5.41, 5.74) is 0.926. The zero-order chi connectivity index (χ0) is 12.3. The zero-order valence-corrected chi connectivity index (χ0v) is 10.6. The van der Waals surface area contributed by atoms with Crippen molar-refractivity contribution in [2.24, 2.45) is 5.41 Å². The first-order valence-electron chi connectivity index (χ1n) is 5.87. The molecule has 3 heteroatoms. The summed E-state index contributed by atoms with van der Waals surface area (Å²) in [5, 5.41) is 2.80. The largest absolute Gasteiger partial charge is 0.385 e. The first kappa shape index (κ1) is 12.9. The highest BCUT2D eigenvalue weighted by Gasteiger charge is 2.18. The van der Waals surface area contributed by atoms with Gasteiger partial charge in [-0.3, -0.25) is 9.59 Å². The smallest absolute Gasteiger partial charge is 0.249 e. The molecule has 1 aromatic rings. The molecule has 0 aromatic heterocycles. The van der Waals surface area contributed by atoms with Gasteiger partial charge in [-0.05, 0) is 24.7 Å². The van der Waals surface area contributed by atoms with Crippen LogP contribution in [0, 0.1) is 5.41 Å². The van der Waals surface area contributed by atoms with E-state index in [9.17, 15) is 9.59 Å². The Morgan fingerprint density at radius 3 is 2.19 bits per heavy atom. The molecule has 0 bridgehead atoms. The highest BCUT2D eigenvalue weighted by molar-refractivity contribution is 5.55. The van der Waals surface area contributed by atoms with Gasteiger partial charge in [-0.2, -0.15) is 0 Å². The van der Waals surface area contributed by atoms with Crippen LogP contribution in [0.2, 0.25) is 0 Å². The first-order chi connectivity index (χ1) is 7.37. The average molecular weight is 223 g/mol. The van der Waals surface area contributed by atoms with Gasteiger partial charge >= 0.3 is 0 Å². The maximum atomic E-state index is 11.3. The monoisotopic (exact) mass is 223 g/mol. The number of hydrogen-bond donors (Lipinski definition) is 1. The molecule has 1 rings (SSSR count). The molecule has 0 aliphatic rings. The Labute approximate surface area is 96.6 Å². The maximum Gasteiger partial charge on any atom is 0.249 e. The molecule has 90 valence electrons. The highest BCUT2D eigenvalue weighted by atomic mass is 16.2. The number of nitrogens with one attached hydrogen (secondary N) is 1. The molecule has 1 aromatic carbocycles. The lowest BCUT2D eigenvalue weighted by molar-refractivity contribution is 0.360. The van der Waals surface area contributed by atoms with E-state index in [4.69, 9.17) is 0 Å². The van der Waals surface area contributed by atoms with Crippen LogP contribution in [0.4, 0.5) is 5.69 Å². The van der Waals surface area contributed by atoms with Gasteiger partial charge in [-0.1, -0.05) is 27.2 Å². The second kappa shape index (κ2) is 4.81. The van der Waals surface area contributed by atoms with Crippen molar-refractivity contribution >= 4 is 5.69 Å². The van der Waals surface area contributed by atoms with Crippen molar-refractivity contribution in [3.63, 3.8) is 0 Å². The van der Waals surface area contributed by atoms with E-state index in [1.807, 2.05) is 0 Å². The molecule has 0 fully saturated rings. The third-order valence-electron chi connectivity index (χ3n) is 2.86.